The molecule has 166 valence electrons. The number of rotatable bonds is 17. The van der Waals surface area contributed by atoms with E-state index in [0.717, 1.165) is 25.7 Å². The van der Waals surface area contributed by atoms with E-state index in [1.54, 1.807) is 0 Å². The Balaban J connectivity index is 3.99. The fraction of sp³-hybridized carbons (Fsp3) is 0.909. The molecule has 0 saturated carbocycles. The van der Waals surface area contributed by atoms with Gasteiger partial charge in [-0.2, -0.15) is 0 Å². The molecule has 6 heteroatoms. The third kappa shape index (κ3) is 12.3. The topological polar surface area (TPSA) is 93.1 Å². The van der Waals surface area contributed by atoms with E-state index in [-0.39, 0.29) is 38.0 Å². The highest BCUT2D eigenvalue weighted by atomic mass is 16.5. The predicted molar refractivity (Wildman–Crippen MR) is 110 cm³/mol. The van der Waals surface area contributed by atoms with Crippen LogP contribution in [0.15, 0.2) is 0 Å². The van der Waals surface area contributed by atoms with Crippen molar-refractivity contribution in [1.29, 1.82) is 0 Å². The summed E-state index contributed by atoms with van der Waals surface area (Å²) in [6, 6.07) is 0. The van der Waals surface area contributed by atoms with Crippen LogP contribution in [-0.4, -0.2) is 46.6 Å². The smallest absolute Gasteiger partial charge is 0.305 e. The molecule has 0 rings (SSSR count). The highest BCUT2D eigenvalue weighted by molar-refractivity contribution is 5.70. The maximum absolute atomic E-state index is 11.8. The van der Waals surface area contributed by atoms with Gasteiger partial charge in [-0.25, -0.2) is 0 Å². The number of unbranched alkanes of at least 4 members (excludes halogenated alkanes) is 3. The second-order valence-corrected chi connectivity index (χ2v) is 7.89. The van der Waals surface area contributed by atoms with Crippen molar-refractivity contribution in [2.24, 2.45) is 0 Å². The van der Waals surface area contributed by atoms with Gasteiger partial charge in [0.15, 0.2) is 0 Å². The van der Waals surface area contributed by atoms with Gasteiger partial charge in [0, 0.05) is 12.8 Å². The molecule has 0 aromatic rings. The summed E-state index contributed by atoms with van der Waals surface area (Å²) >= 11 is 0. The van der Waals surface area contributed by atoms with Gasteiger partial charge in [0.1, 0.15) is 13.2 Å². The quantitative estimate of drug-likeness (QED) is 0.278. The van der Waals surface area contributed by atoms with E-state index in [2.05, 4.69) is 13.8 Å². The SMILES string of the molecule is CCCCC(O)(CC)COC(=O)CCCCC(=O)OCC(O)(CC)CCCC. The molecule has 0 aliphatic rings. The van der Waals surface area contributed by atoms with E-state index in [4.69, 9.17) is 9.47 Å². The fourth-order valence-electron chi connectivity index (χ4n) is 2.83. The minimum Gasteiger partial charge on any atom is -0.463 e. The number of ether oxygens (including phenoxy) is 2. The highest BCUT2D eigenvalue weighted by Crippen LogP contribution is 2.20. The minimum atomic E-state index is -0.941. The van der Waals surface area contributed by atoms with Crippen molar-refractivity contribution >= 4 is 11.9 Å². The Morgan fingerprint density at radius 3 is 1.32 bits per heavy atom. The van der Waals surface area contributed by atoms with Crippen molar-refractivity contribution in [2.45, 2.75) is 116 Å². The lowest BCUT2D eigenvalue weighted by atomic mass is 9.95. The molecule has 0 saturated heterocycles. The third-order valence-corrected chi connectivity index (χ3v) is 5.32. The van der Waals surface area contributed by atoms with E-state index in [1.165, 1.54) is 0 Å². The molecule has 0 amide bonds. The molecule has 0 aliphatic heterocycles. The Hall–Kier alpha value is -1.14. The molecule has 2 atom stereocenters. The Labute approximate surface area is 171 Å². The van der Waals surface area contributed by atoms with E-state index < -0.39 is 11.2 Å². The van der Waals surface area contributed by atoms with Crippen LogP contribution < -0.4 is 0 Å². The van der Waals surface area contributed by atoms with Crippen LogP contribution in [0.25, 0.3) is 0 Å². The summed E-state index contributed by atoms with van der Waals surface area (Å²) in [5.74, 6) is -0.701. The summed E-state index contributed by atoms with van der Waals surface area (Å²) < 4.78 is 10.4. The molecule has 0 aromatic heterocycles. The van der Waals surface area contributed by atoms with Crippen LogP contribution in [0.2, 0.25) is 0 Å². The van der Waals surface area contributed by atoms with Gasteiger partial charge in [0.05, 0.1) is 11.2 Å². The summed E-state index contributed by atoms with van der Waals surface area (Å²) in [6.07, 6.45) is 7.62. The monoisotopic (exact) mass is 402 g/mol. The molecule has 0 bridgehead atoms. The van der Waals surface area contributed by atoms with Crippen LogP contribution in [0.4, 0.5) is 0 Å². The van der Waals surface area contributed by atoms with Crippen LogP contribution in [0.1, 0.15) is 105 Å². The Kier molecular flexibility index (Phi) is 14.2. The minimum absolute atomic E-state index is 0.0255. The zero-order valence-corrected chi connectivity index (χ0v) is 18.4. The van der Waals surface area contributed by atoms with Gasteiger partial charge in [0.2, 0.25) is 0 Å². The lowest BCUT2D eigenvalue weighted by Gasteiger charge is -2.26. The summed E-state index contributed by atoms with van der Waals surface area (Å²) in [4.78, 5) is 23.7. The second-order valence-electron chi connectivity index (χ2n) is 7.89. The van der Waals surface area contributed by atoms with Crippen molar-refractivity contribution < 1.29 is 29.3 Å². The van der Waals surface area contributed by atoms with E-state index in [0.29, 0.717) is 38.5 Å². The van der Waals surface area contributed by atoms with Gasteiger partial charge in [-0.3, -0.25) is 9.59 Å². The van der Waals surface area contributed by atoms with Crippen LogP contribution in [0.5, 0.6) is 0 Å². The number of carbonyl (C=O) groups is 2. The third-order valence-electron chi connectivity index (χ3n) is 5.32. The molecule has 0 fully saturated rings. The van der Waals surface area contributed by atoms with Gasteiger partial charge in [-0.15, -0.1) is 0 Å². The molecule has 0 aliphatic carbocycles. The molecule has 0 radical (unpaired) electrons. The molecular weight excluding hydrogens is 360 g/mol. The first-order valence-electron chi connectivity index (χ1n) is 11.0. The van der Waals surface area contributed by atoms with Crippen LogP contribution in [0.3, 0.4) is 0 Å². The standard InChI is InChI=1S/C22H42O6/c1-5-9-15-21(25,7-3)17-27-19(23)13-11-12-14-20(24)28-18-22(26,8-4)16-10-6-2/h25-26H,5-18H2,1-4H3. The van der Waals surface area contributed by atoms with E-state index in [1.807, 2.05) is 13.8 Å². The highest BCUT2D eigenvalue weighted by Gasteiger charge is 2.27. The number of esters is 2. The van der Waals surface area contributed by atoms with Crippen molar-refractivity contribution in [1.82, 2.24) is 0 Å². The summed E-state index contributed by atoms with van der Waals surface area (Å²) in [6.45, 7) is 7.94. The Morgan fingerprint density at radius 2 is 1.04 bits per heavy atom. The average molecular weight is 403 g/mol. The Morgan fingerprint density at radius 1 is 0.679 bits per heavy atom. The molecular formula is C22H42O6. The maximum Gasteiger partial charge on any atom is 0.305 e. The van der Waals surface area contributed by atoms with Crippen molar-refractivity contribution in [3.05, 3.63) is 0 Å². The number of aliphatic hydroxyl groups is 2. The fourth-order valence-corrected chi connectivity index (χ4v) is 2.83. The van der Waals surface area contributed by atoms with Gasteiger partial charge >= 0.3 is 11.9 Å². The van der Waals surface area contributed by atoms with Crippen LogP contribution in [-0.2, 0) is 19.1 Å². The van der Waals surface area contributed by atoms with Gasteiger partial charge in [-0.1, -0.05) is 53.4 Å². The van der Waals surface area contributed by atoms with Crippen molar-refractivity contribution in [2.75, 3.05) is 13.2 Å². The first-order valence-corrected chi connectivity index (χ1v) is 11.0. The number of hydrogen-bond donors (Lipinski definition) is 2. The number of carbonyl (C=O) groups excluding carboxylic acids is 2. The summed E-state index contributed by atoms with van der Waals surface area (Å²) in [5.41, 5.74) is -1.88. The van der Waals surface area contributed by atoms with Crippen molar-refractivity contribution in [3.63, 3.8) is 0 Å². The van der Waals surface area contributed by atoms with Gasteiger partial charge < -0.3 is 19.7 Å². The molecule has 2 N–H and O–H groups in total. The molecule has 0 aromatic carbocycles. The van der Waals surface area contributed by atoms with Gasteiger partial charge in [-0.05, 0) is 38.5 Å². The average Bonchev–Trinajstić information content (AvgIpc) is 2.70. The number of hydrogen-bond acceptors (Lipinski definition) is 6. The van der Waals surface area contributed by atoms with Crippen LogP contribution >= 0.6 is 0 Å². The first kappa shape index (κ1) is 26.9. The van der Waals surface area contributed by atoms with E-state index in [9.17, 15) is 19.8 Å². The summed E-state index contributed by atoms with van der Waals surface area (Å²) in [5, 5.41) is 20.8. The molecule has 0 heterocycles. The van der Waals surface area contributed by atoms with Crippen LogP contribution in [0, 0.1) is 0 Å². The van der Waals surface area contributed by atoms with E-state index >= 15 is 0 Å². The lowest BCUT2D eigenvalue weighted by molar-refractivity contribution is -0.154. The second kappa shape index (κ2) is 14.8. The zero-order chi connectivity index (χ0) is 21.5. The molecule has 6 nitrogen and oxygen atoms in total. The Bertz CT molecular complexity index is 399. The molecule has 2 unspecified atom stereocenters. The molecule has 28 heavy (non-hydrogen) atoms. The maximum atomic E-state index is 11.8. The molecule has 0 spiro atoms. The predicted octanol–water partition coefficient (Wildman–Crippen LogP) is 4.30. The van der Waals surface area contributed by atoms with Gasteiger partial charge in [0.25, 0.3) is 0 Å². The largest absolute Gasteiger partial charge is 0.463 e. The first-order chi connectivity index (χ1) is 13.2. The summed E-state index contributed by atoms with van der Waals surface area (Å²) in [7, 11) is 0. The lowest BCUT2D eigenvalue weighted by Crippen LogP contribution is -2.35. The zero-order valence-electron chi connectivity index (χ0n) is 18.4. The normalized spacial score (nSPS) is 15.5. The van der Waals surface area contributed by atoms with Crippen molar-refractivity contribution in [3.8, 4) is 0 Å².